The number of rotatable bonds is 4. The maximum atomic E-state index is 5.58. The van der Waals surface area contributed by atoms with Gasteiger partial charge in [-0.25, -0.2) is 9.97 Å². The normalized spacial score (nSPS) is 14.7. The number of imidazole rings is 1. The van der Waals surface area contributed by atoms with Crippen LogP contribution in [0.3, 0.4) is 0 Å². The zero-order chi connectivity index (χ0) is 17.2. The minimum absolute atomic E-state index is 0.758. The molecule has 1 fully saturated rings. The second-order valence-electron chi connectivity index (χ2n) is 6.02. The molecule has 2 aromatic heterocycles. The van der Waals surface area contributed by atoms with E-state index < -0.39 is 0 Å². The quantitative estimate of drug-likeness (QED) is 0.788. The Labute approximate surface area is 146 Å². The van der Waals surface area contributed by atoms with Crippen molar-refractivity contribution >= 4 is 28.2 Å². The van der Waals surface area contributed by atoms with Gasteiger partial charge in [-0.1, -0.05) is 0 Å². The average Bonchev–Trinajstić information content (AvgIpc) is 3.03. The third kappa shape index (κ3) is 3.10. The number of hydrogen-bond donors (Lipinski definition) is 1. The first kappa shape index (κ1) is 15.7. The molecule has 1 saturated heterocycles. The van der Waals surface area contributed by atoms with Gasteiger partial charge in [-0.3, -0.25) is 0 Å². The van der Waals surface area contributed by atoms with Gasteiger partial charge in [0.25, 0.3) is 0 Å². The van der Waals surface area contributed by atoms with E-state index in [1.807, 2.05) is 23.7 Å². The second-order valence-corrected chi connectivity index (χ2v) is 6.02. The van der Waals surface area contributed by atoms with Crippen molar-refractivity contribution in [3.63, 3.8) is 0 Å². The number of anilines is 3. The summed E-state index contributed by atoms with van der Waals surface area (Å²) in [5.41, 5.74) is 3.93. The molecule has 1 aliphatic heterocycles. The SMILES string of the molecule is COc1cc(N2CCOCC2)ccc1Nc1cc2c(cn1)ncn2C. The molecular formula is C18H21N5O2. The van der Waals surface area contributed by atoms with E-state index in [0.717, 1.165) is 60.3 Å². The summed E-state index contributed by atoms with van der Waals surface area (Å²) in [6.07, 6.45) is 3.56. The number of morpholine rings is 1. The van der Waals surface area contributed by atoms with E-state index >= 15 is 0 Å². The van der Waals surface area contributed by atoms with Gasteiger partial charge >= 0.3 is 0 Å². The zero-order valence-electron chi connectivity index (χ0n) is 14.4. The Morgan fingerprint density at radius 2 is 2.00 bits per heavy atom. The molecule has 7 nitrogen and oxygen atoms in total. The van der Waals surface area contributed by atoms with Crippen LogP contribution in [0.4, 0.5) is 17.2 Å². The topological polar surface area (TPSA) is 64.4 Å². The van der Waals surface area contributed by atoms with Crippen LogP contribution in [0.25, 0.3) is 11.0 Å². The first-order valence-electron chi connectivity index (χ1n) is 8.29. The van der Waals surface area contributed by atoms with Gasteiger partial charge in [0.1, 0.15) is 17.1 Å². The molecule has 0 unspecified atom stereocenters. The summed E-state index contributed by atoms with van der Waals surface area (Å²) in [4.78, 5) is 11.0. The van der Waals surface area contributed by atoms with Gasteiger partial charge in [0.15, 0.2) is 0 Å². The third-order valence-corrected chi connectivity index (χ3v) is 4.44. The summed E-state index contributed by atoms with van der Waals surface area (Å²) in [5.74, 6) is 1.55. The van der Waals surface area contributed by atoms with Gasteiger partial charge in [0.05, 0.1) is 44.1 Å². The summed E-state index contributed by atoms with van der Waals surface area (Å²) in [6.45, 7) is 3.32. The van der Waals surface area contributed by atoms with Crippen molar-refractivity contribution in [3.8, 4) is 5.75 Å². The number of fused-ring (bicyclic) bond motifs is 1. The molecule has 3 heterocycles. The summed E-state index contributed by atoms with van der Waals surface area (Å²) in [7, 11) is 3.65. The molecule has 0 spiro atoms. The number of hydrogen-bond acceptors (Lipinski definition) is 6. The Kier molecular flexibility index (Phi) is 4.15. The summed E-state index contributed by atoms with van der Waals surface area (Å²) in [5, 5.41) is 3.34. The van der Waals surface area contributed by atoms with Gasteiger partial charge < -0.3 is 24.3 Å². The van der Waals surface area contributed by atoms with Crippen LogP contribution in [0.5, 0.6) is 5.75 Å². The highest BCUT2D eigenvalue weighted by Crippen LogP contribution is 2.32. The molecule has 0 aliphatic carbocycles. The Hall–Kier alpha value is -2.80. The molecule has 25 heavy (non-hydrogen) atoms. The maximum absolute atomic E-state index is 5.58. The molecule has 3 aromatic rings. The standard InChI is InChI=1S/C18H21N5O2/c1-22-12-20-15-11-19-18(10-16(15)22)21-14-4-3-13(9-17(14)24-2)23-5-7-25-8-6-23/h3-4,9-12H,5-8H2,1-2H3,(H,19,21). The van der Waals surface area contributed by atoms with Crippen LogP contribution in [0.15, 0.2) is 36.8 Å². The van der Waals surface area contributed by atoms with E-state index in [1.54, 1.807) is 19.6 Å². The molecular weight excluding hydrogens is 318 g/mol. The van der Waals surface area contributed by atoms with Gasteiger partial charge in [-0.05, 0) is 12.1 Å². The molecule has 0 amide bonds. The largest absolute Gasteiger partial charge is 0.494 e. The van der Waals surface area contributed by atoms with E-state index in [1.165, 1.54) is 0 Å². The molecule has 0 bridgehead atoms. The van der Waals surface area contributed by atoms with Gasteiger partial charge in [-0.2, -0.15) is 0 Å². The average molecular weight is 339 g/mol. The number of benzene rings is 1. The lowest BCUT2D eigenvalue weighted by Gasteiger charge is -2.29. The number of aryl methyl sites for hydroxylation is 1. The number of nitrogens with zero attached hydrogens (tertiary/aromatic N) is 4. The van der Waals surface area contributed by atoms with Crippen LogP contribution in [0, 0.1) is 0 Å². The summed E-state index contributed by atoms with van der Waals surface area (Å²) >= 11 is 0. The van der Waals surface area contributed by atoms with Crippen molar-refractivity contribution in [1.29, 1.82) is 0 Å². The Morgan fingerprint density at radius 3 is 2.80 bits per heavy atom. The Bertz CT molecular complexity index is 886. The van der Waals surface area contributed by atoms with Gasteiger partial charge in [0.2, 0.25) is 0 Å². The van der Waals surface area contributed by atoms with Crippen molar-refractivity contribution in [2.24, 2.45) is 7.05 Å². The lowest BCUT2D eigenvalue weighted by atomic mass is 10.2. The van der Waals surface area contributed by atoms with Crippen molar-refractivity contribution < 1.29 is 9.47 Å². The van der Waals surface area contributed by atoms with Crippen molar-refractivity contribution in [2.75, 3.05) is 43.6 Å². The molecule has 0 atom stereocenters. The molecule has 0 radical (unpaired) electrons. The summed E-state index contributed by atoms with van der Waals surface area (Å²) in [6, 6.07) is 8.16. The minimum atomic E-state index is 0.758. The van der Waals surface area contributed by atoms with Crippen LogP contribution in [-0.4, -0.2) is 47.9 Å². The first-order valence-corrected chi connectivity index (χ1v) is 8.29. The van der Waals surface area contributed by atoms with Crippen LogP contribution in [0.1, 0.15) is 0 Å². The Morgan fingerprint density at radius 1 is 1.16 bits per heavy atom. The fourth-order valence-electron chi connectivity index (χ4n) is 3.04. The fourth-order valence-corrected chi connectivity index (χ4v) is 3.04. The fraction of sp³-hybridized carbons (Fsp3) is 0.333. The smallest absolute Gasteiger partial charge is 0.144 e. The molecule has 7 heteroatoms. The predicted octanol–water partition coefficient (Wildman–Crippen LogP) is 2.56. The lowest BCUT2D eigenvalue weighted by Crippen LogP contribution is -2.36. The van der Waals surface area contributed by atoms with E-state index in [2.05, 4.69) is 32.3 Å². The van der Waals surface area contributed by atoms with E-state index in [0.29, 0.717) is 0 Å². The van der Waals surface area contributed by atoms with Crippen LogP contribution in [0.2, 0.25) is 0 Å². The Balaban J connectivity index is 1.61. The van der Waals surface area contributed by atoms with Gasteiger partial charge in [-0.15, -0.1) is 0 Å². The predicted molar refractivity (Wildman–Crippen MR) is 97.8 cm³/mol. The van der Waals surface area contributed by atoms with Crippen LogP contribution >= 0.6 is 0 Å². The molecule has 1 N–H and O–H groups in total. The monoisotopic (exact) mass is 339 g/mol. The molecule has 0 saturated carbocycles. The molecule has 130 valence electrons. The van der Waals surface area contributed by atoms with Crippen molar-refractivity contribution in [1.82, 2.24) is 14.5 Å². The van der Waals surface area contributed by atoms with E-state index in [-0.39, 0.29) is 0 Å². The van der Waals surface area contributed by atoms with E-state index in [4.69, 9.17) is 9.47 Å². The molecule has 4 rings (SSSR count). The first-order chi connectivity index (χ1) is 12.2. The number of aromatic nitrogens is 3. The number of methoxy groups -OCH3 is 1. The molecule has 1 aromatic carbocycles. The number of nitrogens with one attached hydrogen (secondary N) is 1. The number of pyridine rings is 1. The van der Waals surface area contributed by atoms with Gasteiger partial charge in [0, 0.05) is 38.0 Å². The number of ether oxygens (including phenoxy) is 2. The minimum Gasteiger partial charge on any atom is -0.494 e. The lowest BCUT2D eigenvalue weighted by molar-refractivity contribution is 0.122. The van der Waals surface area contributed by atoms with Crippen molar-refractivity contribution in [3.05, 3.63) is 36.8 Å². The zero-order valence-corrected chi connectivity index (χ0v) is 14.4. The van der Waals surface area contributed by atoms with Crippen molar-refractivity contribution in [2.45, 2.75) is 0 Å². The highest BCUT2D eigenvalue weighted by Gasteiger charge is 2.14. The highest BCUT2D eigenvalue weighted by atomic mass is 16.5. The summed E-state index contributed by atoms with van der Waals surface area (Å²) < 4.78 is 13.0. The molecule has 1 aliphatic rings. The van der Waals surface area contributed by atoms with E-state index in [9.17, 15) is 0 Å². The highest BCUT2D eigenvalue weighted by molar-refractivity contribution is 5.79. The second kappa shape index (κ2) is 6.60. The third-order valence-electron chi connectivity index (χ3n) is 4.44. The van der Waals surface area contributed by atoms with Crippen LogP contribution < -0.4 is 15.0 Å². The van der Waals surface area contributed by atoms with Crippen LogP contribution in [-0.2, 0) is 11.8 Å². The maximum Gasteiger partial charge on any atom is 0.144 e.